The summed E-state index contributed by atoms with van der Waals surface area (Å²) < 4.78 is 5.68. The van der Waals surface area contributed by atoms with Gasteiger partial charge in [-0.05, 0) is 37.0 Å². The first-order valence-corrected chi connectivity index (χ1v) is 11.2. The fourth-order valence-corrected chi connectivity index (χ4v) is 4.80. The molecule has 0 atom stereocenters. The van der Waals surface area contributed by atoms with Gasteiger partial charge in [0.1, 0.15) is 6.10 Å². The van der Waals surface area contributed by atoms with E-state index in [1.807, 2.05) is 0 Å². The van der Waals surface area contributed by atoms with Crippen LogP contribution in [0.2, 0.25) is 0 Å². The van der Waals surface area contributed by atoms with Gasteiger partial charge in [0.25, 0.3) is 0 Å². The van der Waals surface area contributed by atoms with E-state index in [1.165, 1.54) is 0 Å². The molecule has 0 aromatic rings. The van der Waals surface area contributed by atoms with Crippen molar-refractivity contribution in [2.75, 3.05) is 26.2 Å². The summed E-state index contributed by atoms with van der Waals surface area (Å²) in [5.41, 5.74) is 0.291. The lowest BCUT2D eigenvalue weighted by Gasteiger charge is -2.48. The molecule has 0 unspecified atom stereocenters. The molecule has 8 heteroatoms. The molecule has 4 rings (SSSR count). The molecule has 29 heavy (non-hydrogen) atoms. The fraction of sp³-hybridized carbons (Fsp3) is 0.952. The number of ether oxygens (including phenoxy) is 1. The second kappa shape index (κ2) is 8.30. The van der Waals surface area contributed by atoms with Gasteiger partial charge in [0.15, 0.2) is 0 Å². The highest BCUT2D eigenvalue weighted by atomic mass is 17.4. The van der Waals surface area contributed by atoms with E-state index in [2.05, 4.69) is 26.1 Å². The van der Waals surface area contributed by atoms with Crippen LogP contribution in [0.5, 0.6) is 0 Å². The Morgan fingerprint density at radius 1 is 0.897 bits per heavy atom. The Labute approximate surface area is 173 Å². The van der Waals surface area contributed by atoms with Crippen molar-refractivity contribution in [2.24, 2.45) is 11.3 Å². The van der Waals surface area contributed by atoms with E-state index in [4.69, 9.17) is 24.3 Å². The van der Waals surface area contributed by atoms with Gasteiger partial charge in [-0.15, -0.1) is 0 Å². The zero-order chi connectivity index (χ0) is 20.5. The van der Waals surface area contributed by atoms with Crippen molar-refractivity contribution in [3.63, 3.8) is 0 Å². The Bertz CT molecular complexity index is 558. The van der Waals surface area contributed by atoms with Crippen LogP contribution in [-0.2, 0) is 24.3 Å². The molecule has 166 valence electrons. The molecule has 2 saturated carbocycles. The Kier molecular flexibility index (Phi) is 6.10. The van der Waals surface area contributed by atoms with Crippen LogP contribution >= 0.6 is 0 Å². The number of rotatable bonds is 1. The average Bonchev–Trinajstić information content (AvgIpc) is 2.73. The van der Waals surface area contributed by atoms with Crippen molar-refractivity contribution in [1.29, 1.82) is 0 Å². The molecule has 0 bridgehead atoms. The quantitative estimate of drug-likeness (QED) is 0.660. The van der Waals surface area contributed by atoms with E-state index in [0.29, 0.717) is 50.1 Å². The van der Waals surface area contributed by atoms with E-state index >= 15 is 0 Å². The lowest BCUT2D eigenvalue weighted by atomic mass is 9.71. The molecular weight excluding hydrogens is 376 g/mol. The Morgan fingerprint density at radius 2 is 1.38 bits per heavy atom. The zero-order valence-electron chi connectivity index (χ0n) is 18.0. The minimum absolute atomic E-state index is 0.117. The molecule has 0 aromatic heterocycles. The van der Waals surface area contributed by atoms with Crippen molar-refractivity contribution in [1.82, 2.24) is 10.2 Å². The summed E-state index contributed by atoms with van der Waals surface area (Å²) in [6.45, 7) is 9.88. The second-order valence-electron chi connectivity index (χ2n) is 10.1. The van der Waals surface area contributed by atoms with Gasteiger partial charge in [0.2, 0.25) is 11.6 Å². The minimum atomic E-state index is -0.885. The van der Waals surface area contributed by atoms with Crippen molar-refractivity contribution >= 4 is 6.09 Å². The molecule has 1 amide bonds. The highest BCUT2D eigenvalue weighted by Gasteiger charge is 2.52. The molecule has 4 fully saturated rings. The predicted molar refractivity (Wildman–Crippen MR) is 104 cm³/mol. The SMILES string of the molecule is CC(C)(C)C1CCC2(CC1)OOC1(CCC(OC(=O)N3CCNCC3)CC1)OO2. The zero-order valence-corrected chi connectivity index (χ0v) is 18.0. The molecule has 2 aliphatic carbocycles. The minimum Gasteiger partial charge on any atom is -0.446 e. The van der Waals surface area contributed by atoms with Crippen molar-refractivity contribution in [3.05, 3.63) is 0 Å². The predicted octanol–water partition coefficient (Wildman–Crippen LogP) is 3.51. The van der Waals surface area contributed by atoms with Gasteiger partial charge in [0.05, 0.1) is 0 Å². The number of carbonyl (C=O) groups excluding carboxylic acids is 1. The molecule has 2 aliphatic heterocycles. The molecule has 2 heterocycles. The molecular formula is C21H36N2O6. The van der Waals surface area contributed by atoms with E-state index in [-0.39, 0.29) is 12.2 Å². The van der Waals surface area contributed by atoms with Gasteiger partial charge in [-0.2, -0.15) is 19.6 Å². The lowest BCUT2D eigenvalue weighted by molar-refractivity contribution is -0.663. The molecule has 0 radical (unpaired) electrons. The first-order chi connectivity index (χ1) is 13.8. The molecule has 8 nitrogen and oxygen atoms in total. The van der Waals surface area contributed by atoms with E-state index in [9.17, 15) is 4.79 Å². The van der Waals surface area contributed by atoms with Crippen LogP contribution in [0, 0.1) is 11.3 Å². The highest BCUT2D eigenvalue weighted by molar-refractivity contribution is 5.68. The van der Waals surface area contributed by atoms with Crippen LogP contribution in [0.15, 0.2) is 0 Å². The van der Waals surface area contributed by atoms with Crippen LogP contribution in [0.25, 0.3) is 0 Å². The molecule has 1 N–H and O–H groups in total. The van der Waals surface area contributed by atoms with E-state index < -0.39 is 11.6 Å². The fourth-order valence-electron chi connectivity index (χ4n) is 4.80. The number of amides is 1. The van der Waals surface area contributed by atoms with Crippen molar-refractivity contribution in [2.45, 2.75) is 89.8 Å². The third-order valence-corrected chi connectivity index (χ3v) is 7.00. The topological polar surface area (TPSA) is 78.5 Å². The van der Waals surface area contributed by atoms with Crippen molar-refractivity contribution < 1.29 is 29.1 Å². The first-order valence-electron chi connectivity index (χ1n) is 11.2. The number of nitrogens with zero attached hydrogens (tertiary/aromatic N) is 1. The van der Waals surface area contributed by atoms with Gasteiger partial charge >= 0.3 is 6.09 Å². The molecule has 2 spiro atoms. The van der Waals surface area contributed by atoms with Crippen LogP contribution < -0.4 is 5.32 Å². The number of carbonyl (C=O) groups is 1. The van der Waals surface area contributed by atoms with Gasteiger partial charge in [-0.3, -0.25) is 0 Å². The molecule has 0 aromatic carbocycles. The van der Waals surface area contributed by atoms with Crippen LogP contribution in [0.3, 0.4) is 0 Å². The van der Waals surface area contributed by atoms with E-state index in [0.717, 1.165) is 38.8 Å². The lowest BCUT2D eigenvalue weighted by Crippen LogP contribution is -2.54. The Morgan fingerprint density at radius 3 is 1.86 bits per heavy atom. The van der Waals surface area contributed by atoms with Gasteiger partial charge in [0, 0.05) is 51.9 Å². The van der Waals surface area contributed by atoms with E-state index in [1.54, 1.807) is 4.90 Å². The summed E-state index contributed by atoms with van der Waals surface area (Å²) in [6.07, 6.45) is 5.77. The summed E-state index contributed by atoms with van der Waals surface area (Å²) in [7, 11) is 0. The average molecular weight is 413 g/mol. The smallest absolute Gasteiger partial charge is 0.410 e. The van der Waals surface area contributed by atoms with Gasteiger partial charge in [-0.1, -0.05) is 20.8 Å². The van der Waals surface area contributed by atoms with Crippen molar-refractivity contribution in [3.8, 4) is 0 Å². The first kappa shape index (κ1) is 21.3. The Hall–Kier alpha value is -0.930. The van der Waals surface area contributed by atoms with Gasteiger partial charge < -0.3 is 15.0 Å². The van der Waals surface area contributed by atoms with Crippen LogP contribution in [-0.4, -0.2) is 54.9 Å². The maximum Gasteiger partial charge on any atom is 0.410 e. The van der Waals surface area contributed by atoms with Crippen LogP contribution in [0.1, 0.15) is 72.1 Å². The largest absolute Gasteiger partial charge is 0.446 e. The summed E-state index contributed by atoms with van der Waals surface area (Å²) >= 11 is 0. The molecule has 4 aliphatic rings. The summed E-state index contributed by atoms with van der Waals surface area (Å²) in [5.74, 6) is -1.01. The third-order valence-electron chi connectivity index (χ3n) is 7.00. The highest BCUT2D eigenvalue weighted by Crippen LogP contribution is 2.48. The third kappa shape index (κ3) is 4.88. The maximum atomic E-state index is 12.3. The maximum absolute atomic E-state index is 12.3. The Balaban J connectivity index is 1.22. The number of hydrogen-bond acceptors (Lipinski definition) is 7. The monoisotopic (exact) mass is 412 g/mol. The van der Waals surface area contributed by atoms with Gasteiger partial charge in [-0.25, -0.2) is 4.79 Å². The summed E-state index contributed by atoms with van der Waals surface area (Å²) in [5, 5.41) is 3.24. The number of piperazine rings is 1. The number of hydrogen-bond donors (Lipinski definition) is 1. The number of nitrogens with one attached hydrogen (secondary N) is 1. The standard InChI is InChI=1S/C21H36N2O6/c1-19(2,3)16-4-8-20(9-5-16)26-28-21(29-27-20)10-6-17(7-11-21)25-18(24)23-14-12-22-13-15-23/h16-17,22H,4-15H2,1-3H3. The molecule has 2 saturated heterocycles. The van der Waals surface area contributed by atoms with Crippen LogP contribution in [0.4, 0.5) is 4.79 Å². The normalized spacial score (nSPS) is 38.9. The second-order valence-corrected chi connectivity index (χ2v) is 10.1. The summed E-state index contributed by atoms with van der Waals surface area (Å²) in [4.78, 5) is 37.2. The summed E-state index contributed by atoms with van der Waals surface area (Å²) in [6, 6.07) is 0.